The minimum Gasteiger partial charge on any atom is -0.414 e. The largest absolute Gasteiger partial charge is 0.414 e. The van der Waals surface area contributed by atoms with Crippen molar-refractivity contribution in [2.75, 3.05) is 0 Å². The Morgan fingerprint density at radius 2 is 1.64 bits per heavy atom. The van der Waals surface area contributed by atoms with Gasteiger partial charge in [0.25, 0.3) is 0 Å². The van der Waals surface area contributed by atoms with Gasteiger partial charge in [-0.2, -0.15) is 0 Å². The van der Waals surface area contributed by atoms with E-state index in [-0.39, 0.29) is 11.0 Å². The minimum absolute atomic E-state index is 0.181. The van der Waals surface area contributed by atoms with Crippen LogP contribution in [-0.2, 0) is 4.43 Å². The summed E-state index contributed by atoms with van der Waals surface area (Å²) in [6, 6.07) is 0. The summed E-state index contributed by atoms with van der Waals surface area (Å²) in [5.74, 6) is 2.18. The summed E-state index contributed by atoms with van der Waals surface area (Å²) in [7, 11) is -1.73. The van der Waals surface area contributed by atoms with Gasteiger partial charge in [0.1, 0.15) is 0 Å². The van der Waals surface area contributed by atoms with Crippen LogP contribution in [0.15, 0.2) is 12.2 Å². The third-order valence-corrected chi connectivity index (χ3v) is 13.3. The number of hydrogen-bond acceptors (Lipinski definition) is 2. The molecule has 0 aromatic heterocycles. The molecule has 0 spiro atoms. The molecule has 0 amide bonds. The van der Waals surface area contributed by atoms with Crippen molar-refractivity contribution in [3.05, 3.63) is 12.2 Å². The van der Waals surface area contributed by atoms with Gasteiger partial charge in [-0.25, -0.2) is 0 Å². The van der Waals surface area contributed by atoms with Gasteiger partial charge in [0.05, 0.1) is 5.60 Å². The second kappa shape index (κ2) is 8.19. The van der Waals surface area contributed by atoms with E-state index in [1.165, 1.54) is 32.1 Å². The topological polar surface area (TPSA) is 29.5 Å². The summed E-state index contributed by atoms with van der Waals surface area (Å²) in [5.41, 5.74) is -0.252. The molecular formula is C25H48O2Si. The van der Waals surface area contributed by atoms with E-state index in [2.05, 4.69) is 66.8 Å². The van der Waals surface area contributed by atoms with Crippen LogP contribution >= 0.6 is 0 Å². The summed E-state index contributed by atoms with van der Waals surface area (Å²) in [4.78, 5) is 0. The van der Waals surface area contributed by atoms with E-state index in [4.69, 9.17) is 4.43 Å². The third-order valence-electron chi connectivity index (χ3n) is 8.84. The molecule has 28 heavy (non-hydrogen) atoms. The van der Waals surface area contributed by atoms with Gasteiger partial charge in [-0.05, 0) is 80.8 Å². The molecule has 2 saturated carbocycles. The highest BCUT2D eigenvalue weighted by Crippen LogP contribution is 2.59. The number of aliphatic hydroxyl groups is 1. The van der Waals surface area contributed by atoms with Crippen molar-refractivity contribution in [2.45, 2.75) is 117 Å². The highest BCUT2D eigenvalue weighted by atomic mass is 28.4. The predicted molar refractivity (Wildman–Crippen MR) is 124 cm³/mol. The molecule has 2 rings (SSSR count). The lowest BCUT2D eigenvalue weighted by Gasteiger charge is -2.49. The molecule has 0 unspecified atom stereocenters. The van der Waals surface area contributed by atoms with Crippen LogP contribution < -0.4 is 0 Å². The van der Waals surface area contributed by atoms with E-state index in [0.29, 0.717) is 23.4 Å². The SMILES string of the molecule is C[C@H](/C=C/[C@@H](C)C(C)(C)O)[C@H]1CC[C@H]2[C@@H](O[Si](C)(C)C(C)(C)C)CCC[C@@]12C. The first-order chi connectivity index (χ1) is 12.6. The molecule has 0 heterocycles. The average Bonchev–Trinajstić information content (AvgIpc) is 2.88. The van der Waals surface area contributed by atoms with Gasteiger partial charge >= 0.3 is 0 Å². The fraction of sp³-hybridized carbons (Fsp3) is 0.920. The maximum Gasteiger partial charge on any atom is 0.192 e. The Bertz CT molecular complexity index is 554. The fourth-order valence-corrected chi connectivity index (χ4v) is 6.82. The first-order valence-electron chi connectivity index (χ1n) is 11.7. The molecule has 1 N–H and O–H groups in total. The Balaban J connectivity index is 2.14. The highest BCUT2D eigenvalue weighted by Gasteiger charge is 2.54. The van der Waals surface area contributed by atoms with Gasteiger partial charge in [-0.3, -0.25) is 0 Å². The van der Waals surface area contributed by atoms with Crippen molar-refractivity contribution in [2.24, 2.45) is 29.1 Å². The zero-order chi connectivity index (χ0) is 21.5. The van der Waals surface area contributed by atoms with E-state index >= 15 is 0 Å². The van der Waals surface area contributed by atoms with E-state index in [9.17, 15) is 5.11 Å². The first-order valence-corrected chi connectivity index (χ1v) is 14.6. The predicted octanol–water partition coefficient (Wildman–Crippen LogP) is 7.19. The van der Waals surface area contributed by atoms with E-state index < -0.39 is 13.9 Å². The van der Waals surface area contributed by atoms with E-state index in [1.54, 1.807) is 0 Å². The van der Waals surface area contributed by atoms with Crippen LogP contribution in [0.25, 0.3) is 0 Å². The van der Waals surface area contributed by atoms with Crippen molar-refractivity contribution in [3.8, 4) is 0 Å². The smallest absolute Gasteiger partial charge is 0.192 e. The van der Waals surface area contributed by atoms with Gasteiger partial charge < -0.3 is 9.53 Å². The third kappa shape index (κ3) is 4.95. The Kier molecular flexibility index (Phi) is 7.06. The molecule has 0 radical (unpaired) electrons. The lowest BCUT2D eigenvalue weighted by Crippen LogP contribution is -2.50. The van der Waals surface area contributed by atoms with Crippen molar-refractivity contribution < 1.29 is 9.53 Å². The number of rotatable bonds is 6. The molecule has 2 aliphatic carbocycles. The summed E-state index contributed by atoms with van der Waals surface area (Å²) in [5, 5.41) is 10.5. The Labute approximate surface area is 176 Å². The Morgan fingerprint density at radius 3 is 2.18 bits per heavy atom. The van der Waals surface area contributed by atoms with Crippen molar-refractivity contribution in [1.29, 1.82) is 0 Å². The Hall–Kier alpha value is -0.123. The van der Waals surface area contributed by atoms with Gasteiger partial charge in [0.2, 0.25) is 0 Å². The van der Waals surface area contributed by atoms with Crippen molar-refractivity contribution in [3.63, 3.8) is 0 Å². The van der Waals surface area contributed by atoms with Crippen LogP contribution in [0, 0.1) is 29.1 Å². The average molecular weight is 409 g/mol. The first kappa shape index (κ1) is 24.1. The summed E-state index contributed by atoms with van der Waals surface area (Å²) < 4.78 is 6.98. The fourth-order valence-electron chi connectivity index (χ4n) is 5.43. The molecule has 0 aromatic carbocycles. The van der Waals surface area contributed by atoms with Crippen LogP contribution in [0.4, 0.5) is 0 Å². The molecular weight excluding hydrogens is 360 g/mol. The monoisotopic (exact) mass is 408 g/mol. The minimum atomic E-state index is -1.73. The summed E-state index contributed by atoms with van der Waals surface area (Å²) in [6.07, 6.45) is 11.6. The van der Waals surface area contributed by atoms with Crippen molar-refractivity contribution in [1.82, 2.24) is 0 Å². The molecule has 0 aliphatic heterocycles. The summed E-state index contributed by atoms with van der Waals surface area (Å²) in [6.45, 7) is 22.8. The number of fused-ring (bicyclic) bond motifs is 1. The quantitative estimate of drug-likeness (QED) is 0.372. The molecule has 2 fully saturated rings. The van der Waals surface area contributed by atoms with Crippen LogP contribution in [-0.4, -0.2) is 25.1 Å². The maximum absolute atomic E-state index is 10.2. The van der Waals surface area contributed by atoms with E-state index in [0.717, 1.165) is 5.92 Å². The number of allylic oxidation sites excluding steroid dienone is 1. The molecule has 164 valence electrons. The Morgan fingerprint density at radius 1 is 1.04 bits per heavy atom. The lowest BCUT2D eigenvalue weighted by molar-refractivity contribution is -0.0163. The second-order valence-electron chi connectivity index (χ2n) is 12.3. The molecule has 2 nitrogen and oxygen atoms in total. The normalized spacial score (nSPS) is 34.5. The summed E-state index contributed by atoms with van der Waals surface area (Å²) >= 11 is 0. The van der Waals surface area contributed by atoms with Crippen molar-refractivity contribution >= 4 is 8.32 Å². The molecule has 3 heteroatoms. The lowest BCUT2D eigenvalue weighted by atomic mass is 9.62. The van der Waals surface area contributed by atoms with Gasteiger partial charge in [0, 0.05) is 12.0 Å². The maximum atomic E-state index is 10.2. The van der Waals surface area contributed by atoms with Gasteiger partial charge in [-0.15, -0.1) is 0 Å². The molecule has 0 saturated heterocycles. The van der Waals surface area contributed by atoms with Crippen LogP contribution in [0.3, 0.4) is 0 Å². The van der Waals surface area contributed by atoms with Gasteiger partial charge in [0.15, 0.2) is 8.32 Å². The molecule has 0 aromatic rings. The van der Waals surface area contributed by atoms with Crippen LogP contribution in [0.5, 0.6) is 0 Å². The molecule has 2 aliphatic rings. The highest BCUT2D eigenvalue weighted by molar-refractivity contribution is 6.74. The van der Waals surface area contributed by atoms with Crippen LogP contribution in [0.2, 0.25) is 18.1 Å². The zero-order valence-corrected chi connectivity index (χ0v) is 21.4. The molecule has 6 atom stereocenters. The van der Waals surface area contributed by atoms with E-state index in [1.807, 2.05) is 13.8 Å². The standard InChI is InChI=1S/C25H48O2Si/c1-18(13-14-19(2)24(6,7)26)20-15-16-21-22(12-11-17-25(20,21)8)27-28(9,10)23(3,4)5/h13-14,18-22,26H,11-12,15-17H2,1-10H3/b14-13+/t18-,19-,20-,21+,22+,25+/m1/s1. The van der Waals surface area contributed by atoms with Crippen LogP contribution in [0.1, 0.15) is 87.5 Å². The second-order valence-corrected chi connectivity index (χ2v) is 17.0. The zero-order valence-electron chi connectivity index (χ0n) is 20.4. The molecule has 0 bridgehead atoms. The number of hydrogen-bond donors (Lipinski definition) is 1. The van der Waals surface area contributed by atoms with Gasteiger partial charge in [-0.1, -0.05) is 60.1 Å².